The number of phenolic OH excluding ortho intramolecular Hbond substituents is 1. The Bertz CT molecular complexity index is 719. The zero-order chi connectivity index (χ0) is 18.6. The van der Waals surface area contributed by atoms with Gasteiger partial charge in [-0.05, 0) is 37.1 Å². The summed E-state index contributed by atoms with van der Waals surface area (Å²) < 4.78 is 5.31. The monoisotopic (exact) mass is 346 g/mol. The molecular weight excluding hydrogens is 324 g/mol. The molecule has 1 heterocycles. The summed E-state index contributed by atoms with van der Waals surface area (Å²) in [6.45, 7) is 3.43. The minimum atomic E-state index is -1.32. The molecule has 0 radical (unpaired) electrons. The van der Waals surface area contributed by atoms with E-state index >= 15 is 0 Å². The van der Waals surface area contributed by atoms with Gasteiger partial charge in [-0.25, -0.2) is 4.79 Å². The van der Waals surface area contributed by atoms with Crippen LogP contribution in [-0.4, -0.2) is 45.4 Å². The van der Waals surface area contributed by atoms with Gasteiger partial charge in [-0.1, -0.05) is 24.3 Å². The van der Waals surface area contributed by atoms with Gasteiger partial charge < -0.3 is 20.1 Å². The number of aryl methyl sites for hydroxylation is 1. The molecule has 3 atom stereocenters. The van der Waals surface area contributed by atoms with Gasteiger partial charge in [0.15, 0.2) is 5.78 Å². The molecule has 0 spiro atoms. The molecule has 1 aromatic rings. The molecule has 0 aliphatic carbocycles. The van der Waals surface area contributed by atoms with E-state index in [0.29, 0.717) is 5.56 Å². The normalized spacial score (nSPS) is 27.8. The van der Waals surface area contributed by atoms with Gasteiger partial charge in [-0.15, -0.1) is 0 Å². The Hall–Kier alpha value is -2.44. The van der Waals surface area contributed by atoms with Crippen molar-refractivity contribution in [2.24, 2.45) is 0 Å². The van der Waals surface area contributed by atoms with Crippen LogP contribution in [0.25, 0.3) is 6.08 Å². The van der Waals surface area contributed by atoms with Crippen LogP contribution in [0.2, 0.25) is 0 Å². The summed E-state index contributed by atoms with van der Waals surface area (Å²) in [5.41, 5.74) is 1.14. The average molecular weight is 346 g/mol. The molecule has 3 N–H and O–H groups in total. The summed E-state index contributed by atoms with van der Waals surface area (Å²) in [6, 6.07) is 3.14. The molecule has 0 fully saturated rings. The first kappa shape index (κ1) is 18.9. The van der Waals surface area contributed by atoms with Crippen molar-refractivity contribution < 1.29 is 29.6 Å². The Morgan fingerprint density at radius 2 is 1.88 bits per heavy atom. The summed E-state index contributed by atoms with van der Waals surface area (Å²) in [5, 5.41) is 30.0. The van der Waals surface area contributed by atoms with Crippen molar-refractivity contribution in [1.82, 2.24) is 0 Å². The topological polar surface area (TPSA) is 104 Å². The minimum absolute atomic E-state index is 0.0126. The van der Waals surface area contributed by atoms with Crippen molar-refractivity contribution in [3.05, 3.63) is 47.1 Å². The number of cyclic esters (lactones) is 1. The summed E-state index contributed by atoms with van der Waals surface area (Å²) >= 11 is 0. The number of hydrogen-bond donors (Lipinski definition) is 3. The van der Waals surface area contributed by atoms with E-state index in [-0.39, 0.29) is 24.2 Å². The van der Waals surface area contributed by atoms with Crippen LogP contribution >= 0.6 is 0 Å². The fourth-order valence-corrected chi connectivity index (χ4v) is 2.56. The van der Waals surface area contributed by atoms with Crippen LogP contribution in [0.15, 0.2) is 30.4 Å². The molecule has 1 aliphatic rings. The first-order valence-corrected chi connectivity index (χ1v) is 8.07. The average Bonchev–Trinajstić information content (AvgIpc) is 2.51. The van der Waals surface area contributed by atoms with Gasteiger partial charge in [-0.3, -0.25) is 4.79 Å². The lowest BCUT2D eigenvalue weighted by Crippen LogP contribution is -2.24. The maximum Gasteiger partial charge on any atom is 0.342 e. The first-order chi connectivity index (χ1) is 11.8. The number of ether oxygens (including phenoxy) is 1. The first-order valence-electron chi connectivity index (χ1n) is 8.07. The Kier molecular flexibility index (Phi) is 6.12. The number of hydrogen-bond acceptors (Lipinski definition) is 6. The number of fused-ring (bicyclic) bond motifs is 1. The van der Waals surface area contributed by atoms with E-state index in [1.54, 1.807) is 19.9 Å². The van der Waals surface area contributed by atoms with Crippen molar-refractivity contribution in [2.45, 2.75) is 45.0 Å². The number of carbonyl (C=O) groups excluding carboxylic acids is 2. The molecule has 0 saturated heterocycles. The largest absolute Gasteiger partial charge is 0.507 e. The second-order valence-corrected chi connectivity index (χ2v) is 6.18. The third-order valence-corrected chi connectivity index (χ3v) is 3.85. The van der Waals surface area contributed by atoms with Crippen LogP contribution < -0.4 is 0 Å². The number of esters is 1. The lowest BCUT2D eigenvalue weighted by molar-refractivity contribution is -0.123. The zero-order valence-corrected chi connectivity index (χ0v) is 14.2. The minimum Gasteiger partial charge on any atom is -0.507 e. The van der Waals surface area contributed by atoms with Crippen molar-refractivity contribution in [3.8, 4) is 5.75 Å². The lowest BCUT2D eigenvalue weighted by atomic mass is 10.0. The molecule has 0 bridgehead atoms. The van der Waals surface area contributed by atoms with Gasteiger partial charge >= 0.3 is 5.97 Å². The van der Waals surface area contributed by atoms with Crippen LogP contribution in [-0.2, 0) is 9.53 Å². The molecule has 1 aliphatic heterocycles. The highest BCUT2D eigenvalue weighted by atomic mass is 16.5. The predicted octanol–water partition coefficient (Wildman–Crippen LogP) is 1.90. The number of ketones is 1. The van der Waals surface area contributed by atoms with Gasteiger partial charge in [0.2, 0.25) is 0 Å². The van der Waals surface area contributed by atoms with Gasteiger partial charge in [0.25, 0.3) is 0 Å². The maximum absolute atomic E-state index is 12.4. The Morgan fingerprint density at radius 3 is 2.60 bits per heavy atom. The van der Waals surface area contributed by atoms with E-state index < -0.39 is 30.1 Å². The number of carbonyl (C=O) groups is 2. The Morgan fingerprint density at radius 1 is 1.16 bits per heavy atom. The van der Waals surface area contributed by atoms with Gasteiger partial charge in [-0.2, -0.15) is 0 Å². The van der Waals surface area contributed by atoms with Gasteiger partial charge in [0.05, 0.1) is 6.10 Å². The molecule has 1 aromatic carbocycles. The van der Waals surface area contributed by atoms with E-state index in [9.17, 15) is 24.9 Å². The molecule has 25 heavy (non-hydrogen) atoms. The van der Waals surface area contributed by atoms with Crippen molar-refractivity contribution in [2.75, 3.05) is 0 Å². The van der Waals surface area contributed by atoms with Crippen molar-refractivity contribution in [3.63, 3.8) is 0 Å². The number of aromatic hydroxyl groups is 1. The fourth-order valence-electron chi connectivity index (χ4n) is 2.56. The van der Waals surface area contributed by atoms with Crippen molar-refractivity contribution >= 4 is 17.8 Å². The molecule has 0 unspecified atom stereocenters. The number of aliphatic hydroxyl groups is 2. The highest BCUT2D eigenvalue weighted by Gasteiger charge is 2.21. The SMILES string of the molecule is Cc1cc(O)c2c(c1)/C=C/[C@@H](O)C[C@H](O)C(=O)/C=C\C[C@H](C)OC2=O. The number of phenols is 1. The van der Waals surface area contributed by atoms with E-state index in [1.807, 2.05) is 0 Å². The third kappa shape index (κ3) is 5.01. The van der Waals surface area contributed by atoms with Gasteiger partial charge in [0.1, 0.15) is 23.5 Å². The smallest absolute Gasteiger partial charge is 0.342 e. The van der Waals surface area contributed by atoms with Crippen molar-refractivity contribution in [1.29, 1.82) is 0 Å². The predicted molar refractivity (Wildman–Crippen MR) is 92.1 cm³/mol. The second kappa shape index (κ2) is 8.09. The van der Waals surface area contributed by atoms with Gasteiger partial charge in [0, 0.05) is 12.8 Å². The highest BCUT2D eigenvalue weighted by molar-refractivity contribution is 5.97. The quantitative estimate of drug-likeness (QED) is 0.620. The van der Waals surface area contributed by atoms with Crippen LogP contribution in [0.4, 0.5) is 0 Å². The molecule has 6 heteroatoms. The molecular formula is C19H22O6. The Balaban J connectivity index is 2.44. The van der Waals surface area contributed by atoms with E-state index in [2.05, 4.69) is 0 Å². The Labute approximate surface area is 146 Å². The van der Waals surface area contributed by atoms with E-state index in [4.69, 9.17) is 4.74 Å². The number of rotatable bonds is 0. The molecule has 0 saturated carbocycles. The molecule has 0 amide bonds. The molecule has 6 nitrogen and oxygen atoms in total. The maximum atomic E-state index is 12.4. The third-order valence-electron chi connectivity index (χ3n) is 3.85. The van der Waals surface area contributed by atoms with E-state index in [0.717, 1.165) is 5.56 Å². The second-order valence-electron chi connectivity index (χ2n) is 6.18. The molecule has 0 aromatic heterocycles. The summed E-state index contributed by atoms with van der Waals surface area (Å²) in [4.78, 5) is 24.2. The number of benzene rings is 1. The van der Waals surface area contributed by atoms with Crippen LogP contribution in [0.3, 0.4) is 0 Å². The molecule has 2 rings (SSSR count). The standard InChI is InChI=1S/C19H22O6/c1-11-8-13-6-7-14(20)10-16(22)15(21)5-3-4-12(2)25-19(24)18(13)17(23)9-11/h3,5-9,12,14,16,20,22-23H,4,10H2,1-2H3/b5-3-,7-6+/t12-,14+,16-/m0/s1. The van der Waals surface area contributed by atoms with Crippen LogP contribution in [0.1, 0.15) is 41.3 Å². The highest BCUT2D eigenvalue weighted by Crippen LogP contribution is 2.26. The fraction of sp³-hybridized carbons (Fsp3) is 0.368. The summed E-state index contributed by atoms with van der Waals surface area (Å²) in [6.07, 6.45) is 2.76. The van der Waals surface area contributed by atoms with E-state index in [1.165, 1.54) is 30.4 Å². The molecule has 134 valence electrons. The summed E-state index contributed by atoms with van der Waals surface area (Å²) in [7, 11) is 0. The number of aliphatic hydroxyl groups excluding tert-OH is 2. The zero-order valence-electron chi connectivity index (χ0n) is 14.2. The summed E-state index contributed by atoms with van der Waals surface area (Å²) in [5.74, 6) is -1.41. The van der Waals surface area contributed by atoms with Crippen LogP contribution in [0, 0.1) is 6.92 Å². The van der Waals surface area contributed by atoms with Crippen LogP contribution in [0.5, 0.6) is 5.75 Å². The lowest BCUT2D eigenvalue weighted by Gasteiger charge is -2.16.